The van der Waals surface area contributed by atoms with Crippen molar-refractivity contribution in [1.29, 1.82) is 5.26 Å². The predicted molar refractivity (Wildman–Crippen MR) is 87.2 cm³/mol. The molecule has 0 N–H and O–H groups in total. The van der Waals surface area contributed by atoms with Gasteiger partial charge in [0.2, 0.25) is 0 Å². The molecule has 2 aromatic rings. The number of furan rings is 1. The van der Waals surface area contributed by atoms with Crippen LogP contribution in [0.4, 0.5) is 5.88 Å². The second-order valence-electron chi connectivity index (χ2n) is 4.53. The Labute approximate surface area is 130 Å². The van der Waals surface area contributed by atoms with Gasteiger partial charge in [-0.3, -0.25) is 0 Å². The lowest BCUT2D eigenvalue weighted by Crippen LogP contribution is -2.20. The number of nitrogens with zero attached hydrogens (tertiary/aromatic N) is 2. The van der Waals surface area contributed by atoms with Crippen LogP contribution in [0.15, 0.2) is 40.8 Å². The molecular formula is C17H17ClN2O. The minimum absolute atomic E-state index is 0.526. The quantitative estimate of drug-likeness (QED) is 0.742. The van der Waals surface area contributed by atoms with E-state index in [9.17, 15) is 5.26 Å². The van der Waals surface area contributed by atoms with Crippen LogP contribution in [0.5, 0.6) is 0 Å². The van der Waals surface area contributed by atoms with Crippen LogP contribution in [0.25, 0.3) is 11.6 Å². The van der Waals surface area contributed by atoms with Crippen molar-refractivity contribution < 1.29 is 4.42 Å². The molecule has 4 heteroatoms. The van der Waals surface area contributed by atoms with Crippen molar-refractivity contribution in [2.24, 2.45) is 0 Å². The van der Waals surface area contributed by atoms with E-state index in [0.29, 0.717) is 16.4 Å². The molecule has 0 spiro atoms. The van der Waals surface area contributed by atoms with E-state index in [1.807, 2.05) is 24.3 Å². The van der Waals surface area contributed by atoms with Gasteiger partial charge in [-0.2, -0.15) is 5.26 Å². The van der Waals surface area contributed by atoms with E-state index in [4.69, 9.17) is 16.0 Å². The summed E-state index contributed by atoms with van der Waals surface area (Å²) < 4.78 is 5.78. The van der Waals surface area contributed by atoms with E-state index in [-0.39, 0.29) is 0 Å². The Kier molecular flexibility index (Phi) is 5.08. The minimum atomic E-state index is 0.526. The summed E-state index contributed by atoms with van der Waals surface area (Å²) in [6.45, 7) is 5.92. The van der Waals surface area contributed by atoms with Crippen molar-refractivity contribution in [2.75, 3.05) is 18.0 Å². The standard InChI is InChI=1S/C17H17ClN2O/c1-3-20(4-2)17-9-8-16(21-17)11-14(12-19)13-6-5-7-15(18)10-13/h5-11H,3-4H2,1-2H3/b14-11-. The van der Waals surface area contributed by atoms with Crippen molar-refractivity contribution in [2.45, 2.75) is 13.8 Å². The van der Waals surface area contributed by atoms with Crippen LogP contribution in [0.3, 0.4) is 0 Å². The van der Waals surface area contributed by atoms with Crippen molar-refractivity contribution in [1.82, 2.24) is 0 Å². The van der Waals surface area contributed by atoms with Crippen LogP contribution >= 0.6 is 11.6 Å². The molecule has 1 aromatic carbocycles. The number of rotatable bonds is 5. The summed E-state index contributed by atoms with van der Waals surface area (Å²) in [6, 6.07) is 13.2. The predicted octanol–water partition coefficient (Wildman–Crippen LogP) is 4.84. The van der Waals surface area contributed by atoms with Crippen molar-refractivity contribution in [3.8, 4) is 6.07 Å². The molecule has 0 aliphatic rings. The summed E-state index contributed by atoms with van der Waals surface area (Å²) in [4.78, 5) is 2.11. The van der Waals surface area contributed by atoms with E-state index in [1.165, 1.54) is 0 Å². The Morgan fingerprint density at radius 1 is 1.29 bits per heavy atom. The first-order valence-electron chi connectivity index (χ1n) is 6.90. The lowest BCUT2D eigenvalue weighted by atomic mass is 10.1. The molecule has 0 saturated heterocycles. The molecule has 0 aliphatic carbocycles. The second-order valence-corrected chi connectivity index (χ2v) is 4.96. The molecule has 0 aliphatic heterocycles. The molecule has 0 radical (unpaired) electrons. The molecule has 108 valence electrons. The molecule has 1 aromatic heterocycles. The Morgan fingerprint density at radius 3 is 2.67 bits per heavy atom. The van der Waals surface area contributed by atoms with E-state index < -0.39 is 0 Å². The zero-order valence-electron chi connectivity index (χ0n) is 12.1. The normalized spacial score (nSPS) is 11.2. The molecule has 2 rings (SSSR count). The molecule has 0 amide bonds. The van der Waals surface area contributed by atoms with Crippen LogP contribution in [0, 0.1) is 11.3 Å². The number of anilines is 1. The maximum absolute atomic E-state index is 9.33. The van der Waals surface area contributed by atoms with Crippen molar-refractivity contribution in [3.05, 3.63) is 52.7 Å². The van der Waals surface area contributed by atoms with E-state index >= 15 is 0 Å². The average molecular weight is 301 g/mol. The molecule has 3 nitrogen and oxygen atoms in total. The van der Waals surface area contributed by atoms with E-state index in [0.717, 1.165) is 24.5 Å². The van der Waals surface area contributed by atoms with Gasteiger partial charge in [0.1, 0.15) is 5.76 Å². The first kappa shape index (κ1) is 15.2. The van der Waals surface area contributed by atoms with Crippen LogP contribution < -0.4 is 4.90 Å². The van der Waals surface area contributed by atoms with Crippen LogP contribution in [-0.2, 0) is 0 Å². The molecule has 0 bridgehead atoms. The number of halogens is 1. The Bertz CT molecular complexity index is 678. The molecule has 1 heterocycles. The largest absolute Gasteiger partial charge is 0.441 e. The number of hydrogen-bond donors (Lipinski definition) is 0. The summed E-state index contributed by atoms with van der Waals surface area (Å²) in [6.07, 6.45) is 1.73. The van der Waals surface area contributed by atoms with Gasteiger partial charge in [0, 0.05) is 24.2 Å². The number of hydrogen-bond acceptors (Lipinski definition) is 3. The fraction of sp³-hybridized carbons (Fsp3) is 0.235. The van der Waals surface area contributed by atoms with Crippen LogP contribution in [0.2, 0.25) is 5.02 Å². The minimum Gasteiger partial charge on any atom is -0.441 e. The molecule has 0 saturated carbocycles. The summed E-state index contributed by atoms with van der Waals surface area (Å²) in [5, 5.41) is 9.93. The van der Waals surface area contributed by atoms with Crippen molar-refractivity contribution in [3.63, 3.8) is 0 Å². The summed E-state index contributed by atoms with van der Waals surface area (Å²) in [7, 11) is 0. The van der Waals surface area contributed by atoms with Gasteiger partial charge in [-0.05, 0) is 43.7 Å². The first-order chi connectivity index (χ1) is 10.2. The topological polar surface area (TPSA) is 40.2 Å². The highest BCUT2D eigenvalue weighted by atomic mass is 35.5. The number of nitriles is 1. The maximum Gasteiger partial charge on any atom is 0.196 e. The van der Waals surface area contributed by atoms with E-state index in [1.54, 1.807) is 18.2 Å². The Morgan fingerprint density at radius 2 is 2.05 bits per heavy atom. The summed E-state index contributed by atoms with van der Waals surface area (Å²) >= 11 is 5.97. The maximum atomic E-state index is 9.33. The number of benzene rings is 1. The van der Waals surface area contributed by atoms with Gasteiger partial charge in [0.15, 0.2) is 5.88 Å². The van der Waals surface area contributed by atoms with Gasteiger partial charge in [-0.15, -0.1) is 0 Å². The van der Waals surface area contributed by atoms with Gasteiger partial charge in [-0.1, -0.05) is 23.7 Å². The van der Waals surface area contributed by atoms with Crippen LogP contribution in [-0.4, -0.2) is 13.1 Å². The molecule has 0 unspecified atom stereocenters. The SMILES string of the molecule is CCN(CC)c1ccc(/C=C(/C#N)c2cccc(Cl)c2)o1. The highest BCUT2D eigenvalue weighted by molar-refractivity contribution is 6.30. The van der Waals surface area contributed by atoms with E-state index in [2.05, 4.69) is 24.8 Å². The molecule has 21 heavy (non-hydrogen) atoms. The molecular weight excluding hydrogens is 284 g/mol. The summed E-state index contributed by atoms with van der Waals surface area (Å²) in [5.41, 5.74) is 1.31. The third-order valence-electron chi connectivity index (χ3n) is 3.23. The smallest absolute Gasteiger partial charge is 0.196 e. The third-order valence-corrected chi connectivity index (χ3v) is 3.47. The van der Waals surface area contributed by atoms with Gasteiger partial charge >= 0.3 is 0 Å². The van der Waals surface area contributed by atoms with Gasteiger partial charge in [-0.25, -0.2) is 0 Å². The Balaban J connectivity index is 2.31. The zero-order chi connectivity index (χ0) is 15.2. The van der Waals surface area contributed by atoms with Crippen molar-refractivity contribution >= 4 is 29.1 Å². The Hall–Kier alpha value is -2.18. The fourth-order valence-electron chi connectivity index (χ4n) is 2.10. The highest BCUT2D eigenvalue weighted by Gasteiger charge is 2.08. The third kappa shape index (κ3) is 3.68. The van der Waals surface area contributed by atoms with Gasteiger partial charge < -0.3 is 9.32 Å². The van der Waals surface area contributed by atoms with Gasteiger partial charge in [0.25, 0.3) is 0 Å². The average Bonchev–Trinajstić information content (AvgIpc) is 2.94. The molecule has 0 fully saturated rings. The summed E-state index contributed by atoms with van der Waals surface area (Å²) in [5.74, 6) is 1.48. The van der Waals surface area contributed by atoms with Gasteiger partial charge in [0.05, 0.1) is 11.6 Å². The monoisotopic (exact) mass is 300 g/mol. The zero-order valence-corrected chi connectivity index (χ0v) is 12.9. The fourth-order valence-corrected chi connectivity index (χ4v) is 2.29. The van der Waals surface area contributed by atoms with Crippen LogP contribution in [0.1, 0.15) is 25.2 Å². The lowest BCUT2D eigenvalue weighted by molar-refractivity contribution is 0.541. The molecule has 0 atom stereocenters. The number of allylic oxidation sites excluding steroid dienone is 1. The lowest BCUT2D eigenvalue weighted by Gasteiger charge is -2.16. The first-order valence-corrected chi connectivity index (χ1v) is 7.28. The second kappa shape index (κ2) is 7.01. The highest BCUT2D eigenvalue weighted by Crippen LogP contribution is 2.24.